The van der Waals surface area contributed by atoms with Crippen molar-refractivity contribution in [1.29, 1.82) is 0 Å². The molecule has 1 fully saturated rings. The third-order valence-corrected chi connectivity index (χ3v) is 2.74. The summed E-state index contributed by atoms with van der Waals surface area (Å²) in [6, 6.07) is 8.35. The van der Waals surface area contributed by atoms with Crippen LogP contribution in [0.15, 0.2) is 36.4 Å². The number of allylic oxidation sites excluding steroid dienone is 2. The van der Waals surface area contributed by atoms with E-state index in [1.165, 1.54) is 5.56 Å². The Bertz CT molecular complexity index is 367. The van der Waals surface area contributed by atoms with E-state index in [1.807, 2.05) is 6.07 Å². The second-order valence-electron chi connectivity index (χ2n) is 4.33. The summed E-state index contributed by atoms with van der Waals surface area (Å²) >= 11 is 0. The van der Waals surface area contributed by atoms with Gasteiger partial charge in [-0.2, -0.15) is 0 Å². The maximum atomic E-state index is 5.66. The highest BCUT2D eigenvalue weighted by molar-refractivity contribution is 5.28. The fourth-order valence-corrected chi connectivity index (χ4v) is 1.68. The van der Waals surface area contributed by atoms with Gasteiger partial charge in [-0.25, -0.2) is 0 Å². The van der Waals surface area contributed by atoms with Crippen LogP contribution in [-0.4, -0.2) is 19.3 Å². The summed E-state index contributed by atoms with van der Waals surface area (Å²) in [5.41, 5.74) is 1.33. The molecule has 1 atom stereocenters. The SMILES string of the molecule is CC/C=C/CCc1cccc(OCC2CO2)c1. The van der Waals surface area contributed by atoms with Crippen LogP contribution in [-0.2, 0) is 11.2 Å². The van der Waals surface area contributed by atoms with Crippen molar-refractivity contribution < 1.29 is 9.47 Å². The monoisotopic (exact) mass is 232 g/mol. The molecule has 17 heavy (non-hydrogen) atoms. The quantitative estimate of drug-likeness (QED) is 0.531. The van der Waals surface area contributed by atoms with Crippen LogP contribution in [0.5, 0.6) is 5.75 Å². The summed E-state index contributed by atoms with van der Waals surface area (Å²) in [4.78, 5) is 0. The molecule has 1 aliphatic rings. The minimum Gasteiger partial charge on any atom is -0.491 e. The number of ether oxygens (including phenoxy) is 2. The standard InChI is InChI=1S/C15H20O2/c1-2-3-4-5-7-13-8-6-9-14(10-13)16-11-15-12-17-15/h3-4,6,8-10,15H,2,5,7,11-12H2,1H3/b4-3+. The van der Waals surface area contributed by atoms with Crippen LogP contribution in [0.2, 0.25) is 0 Å². The third kappa shape index (κ3) is 4.61. The van der Waals surface area contributed by atoms with E-state index in [0.29, 0.717) is 12.7 Å². The molecule has 0 spiro atoms. The van der Waals surface area contributed by atoms with Crippen molar-refractivity contribution in [3.63, 3.8) is 0 Å². The van der Waals surface area contributed by atoms with Gasteiger partial charge in [-0.05, 0) is 37.0 Å². The van der Waals surface area contributed by atoms with E-state index < -0.39 is 0 Å². The first-order valence-corrected chi connectivity index (χ1v) is 6.37. The molecule has 0 saturated carbocycles. The zero-order valence-corrected chi connectivity index (χ0v) is 10.4. The number of rotatable bonds is 7. The average molecular weight is 232 g/mol. The molecule has 1 saturated heterocycles. The Morgan fingerprint density at radius 3 is 3.06 bits per heavy atom. The fourth-order valence-electron chi connectivity index (χ4n) is 1.68. The number of aryl methyl sites for hydroxylation is 1. The van der Waals surface area contributed by atoms with Crippen molar-refractivity contribution in [1.82, 2.24) is 0 Å². The molecular formula is C15H20O2. The van der Waals surface area contributed by atoms with Gasteiger partial charge in [0.2, 0.25) is 0 Å². The van der Waals surface area contributed by atoms with E-state index in [4.69, 9.17) is 9.47 Å². The van der Waals surface area contributed by atoms with Crippen molar-refractivity contribution >= 4 is 0 Å². The molecule has 1 heterocycles. The molecule has 92 valence electrons. The highest BCUT2D eigenvalue weighted by Gasteiger charge is 2.22. The van der Waals surface area contributed by atoms with Gasteiger partial charge < -0.3 is 9.47 Å². The molecular weight excluding hydrogens is 212 g/mol. The second kappa shape index (κ2) is 6.45. The number of hydrogen-bond donors (Lipinski definition) is 0. The number of epoxide rings is 1. The Hall–Kier alpha value is -1.28. The molecule has 1 aromatic carbocycles. The molecule has 1 aliphatic heterocycles. The van der Waals surface area contributed by atoms with E-state index in [1.54, 1.807) is 0 Å². The Kier molecular flexibility index (Phi) is 4.63. The normalized spacial score (nSPS) is 18.5. The topological polar surface area (TPSA) is 21.8 Å². The van der Waals surface area contributed by atoms with E-state index in [0.717, 1.165) is 31.6 Å². The molecule has 1 aromatic rings. The van der Waals surface area contributed by atoms with Gasteiger partial charge >= 0.3 is 0 Å². The van der Waals surface area contributed by atoms with Gasteiger partial charge in [0.25, 0.3) is 0 Å². The van der Waals surface area contributed by atoms with Crippen molar-refractivity contribution in [2.24, 2.45) is 0 Å². The lowest BCUT2D eigenvalue weighted by Crippen LogP contribution is -2.04. The Morgan fingerprint density at radius 1 is 1.41 bits per heavy atom. The summed E-state index contributed by atoms with van der Waals surface area (Å²) in [5.74, 6) is 0.956. The van der Waals surface area contributed by atoms with E-state index >= 15 is 0 Å². The van der Waals surface area contributed by atoms with E-state index in [9.17, 15) is 0 Å². The minimum atomic E-state index is 0.325. The summed E-state index contributed by atoms with van der Waals surface area (Å²) in [6.07, 6.45) is 8.07. The molecule has 0 amide bonds. The van der Waals surface area contributed by atoms with Crippen LogP contribution in [0.1, 0.15) is 25.3 Å². The van der Waals surface area contributed by atoms with Crippen LogP contribution >= 0.6 is 0 Å². The largest absolute Gasteiger partial charge is 0.491 e. The molecule has 2 nitrogen and oxygen atoms in total. The molecule has 0 N–H and O–H groups in total. The fraction of sp³-hybridized carbons (Fsp3) is 0.467. The Labute approximate surface area is 103 Å². The molecule has 0 radical (unpaired) electrons. The van der Waals surface area contributed by atoms with Gasteiger partial charge in [0.1, 0.15) is 18.5 Å². The van der Waals surface area contributed by atoms with Gasteiger partial charge in [0.15, 0.2) is 0 Å². The molecule has 1 unspecified atom stereocenters. The zero-order chi connectivity index (χ0) is 11.9. The Morgan fingerprint density at radius 2 is 2.29 bits per heavy atom. The Balaban J connectivity index is 1.79. The second-order valence-corrected chi connectivity index (χ2v) is 4.33. The summed E-state index contributed by atoms with van der Waals surface area (Å²) in [6.45, 7) is 3.69. The zero-order valence-electron chi connectivity index (χ0n) is 10.4. The van der Waals surface area contributed by atoms with Gasteiger partial charge in [0.05, 0.1) is 6.61 Å². The van der Waals surface area contributed by atoms with Gasteiger partial charge in [-0.15, -0.1) is 0 Å². The van der Waals surface area contributed by atoms with Crippen LogP contribution in [0, 0.1) is 0 Å². The van der Waals surface area contributed by atoms with Crippen molar-refractivity contribution in [2.45, 2.75) is 32.3 Å². The number of benzene rings is 1. The van der Waals surface area contributed by atoms with E-state index in [-0.39, 0.29) is 0 Å². The summed E-state index contributed by atoms with van der Waals surface area (Å²) in [5, 5.41) is 0. The highest BCUT2D eigenvalue weighted by atomic mass is 16.6. The summed E-state index contributed by atoms with van der Waals surface area (Å²) in [7, 11) is 0. The third-order valence-electron chi connectivity index (χ3n) is 2.74. The lowest BCUT2D eigenvalue weighted by atomic mass is 10.1. The molecule has 0 bridgehead atoms. The minimum absolute atomic E-state index is 0.325. The van der Waals surface area contributed by atoms with Crippen LogP contribution in [0.4, 0.5) is 0 Å². The first-order chi connectivity index (χ1) is 8.38. The predicted molar refractivity (Wildman–Crippen MR) is 69.4 cm³/mol. The van der Waals surface area contributed by atoms with Crippen LogP contribution < -0.4 is 4.74 Å². The maximum absolute atomic E-state index is 5.66. The molecule has 0 aromatic heterocycles. The van der Waals surface area contributed by atoms with Gasteiger partial charge in [-0.3, -0.25) is 0 Å². The van der Waals surface area contributed by atoms with Crippen molar-refractivity contribution in [3.8, 4) is 5.75 Å². The molecule has 2 heteroatoms. The van der Waals surface area contributed by atoms with Crippen LogP contribution in [0.25, 0.3) is 0 Å². The lowest BCUT2D eigenvalue weighted by Gasteiger charge is -2.06. The first-order valence-electron chi connectivity index (χ1n) is 6.37. The van der Waals surface area contributed by atoms with Crippen LogP contribution in [0.3, 0.4) is 0 Å². The predicted octanol–water partition coefficient (Wildman–Crippen LogP) is 3.36. The van der Waals surface area contributed by atoms with Gasteiger partial charge in [0, 0.05) is 0 Å². The van der Waals surface area contributed by atoms with Gasteiger partial charge in [-0.1, -0.05) is 31.2 Å². The molecule has 2 rings (SSSR count). The average Bonchev–Trinajstić information content (AvgIpc) is 3.17. The lowest BCUT2D eigenvalue weighted by molar-refractivity contribution is 0.263. The molecule has 0 aliphatic carbocycles. The van der Waals surface area contributed by atoms with Crippen molar-refractivity contribution in [3.05, 3.63) is 42.0 Å². The first kappa shape index (κ1) is 12.2. The number of hydrogen-bond acceptors (Lipinski definition) is 2. The smallest absolute Gasteiger partial charge is 0.119 e. The highest BCUT2D eigenvalue weighted by Crippen LogP contribution is 2.17. The summed E-state index contributed by atoms with van der Waals surface area (Å²) < 4.78 is 10.8. The van der Waals surface area contributed by atoms with Crippen molar-refractivity contribution in [2.75, 3.05) is 13.2 Å². The van der Waals surface area contributed by atoms with E-state index in [2.05, 4.69) is 37.3 Å². The maximum Gasteiger partial charge on any atom is 0.119 e.